The molecule has 4 rings (SSSR count). The van der Waals surface area contributed by atoms with E-state index in [1.54, 1.807) is 24.3 Å². The molecule has 148 valence electrons. The summed E-state index contributed by atoms with van der Waals surface area (Å²) in [5, 5.41) is 9.46. The Morgan fingerprint density at radius 1 is 1.14 bits per heavy atom. The van der Waals surface area contributed by atoms with Crippen LogP contribution in [0, 0.1) is 6.92 Å². The van der Waals surface area contributed by atoms with Gasteiger partial charge < -0.3 is 15.2 Å². The van der Waals surface area contributed by atoms with Crippen molar-refractivity contribution in [2.75, 3.05) is 11.9 Å². The van der Waals surface area contributed by atoms with E-state index in [1.165, 1.54) is 6.42 Å². The molecule has 1 aliphatic rings. The summed E-state index contributed by atoms with van der Waals surface area (Å²) in [7, 11) is 0. The van der Waals surface area contributed by atoms with Crippen LogP contribution in [-0.2, 0) is 4.79 Å². The van der Waals surface area contributed by atoms with E-state index in [-0.39, 0.29) is 18.4 Å². The molecule has 1 fully saturated rings. The average molecular weight is 390 g/mol. The van der Waals surface area contributed by atoms with E-state index in [2.05, 4.69) is 20.8 Å². The second-order valence-corrected chi connectivity index (χ2v) is 7.26. The van der Waals surface area contributed by atoms with Gasteiger partial charge in [0.05, 0.1) is 6.54 Å². The highest BCUT2D eigenvalue weighted by Gasteiger charge is 2.25. The first-order chi connectivity index (χ1) is 14.1. The number of carbonyl (C=O) groups excluding carboxylic acids is 2. The molecule has 29 heavy (non-hydrogen) atoms. The van der Waals surface area contributed by atoms with E-state index in [0.717, 1.165) is 24.0 Å². The van der Waals surface area contributed by atoms with Gasteiger partial charge in [0.25, 0.3) is 5.91 Å². The van der Waals surface area contributed by atoms with E-state index >= 15 is 0 Å². The topological polar surface area (TPSA) is 97.1 Å². The Hall–Kier alpha value is -3.48. The highest BCUT2D eigenvalue weighted by Crippen LogP contribution is 2.36. The molecular formula is C22H22N4O3. The van der Waals surface area contributed by atoms with Crippen molar-refractivity contribution < 1.29 is 14.1 Å². The zero-order valence-electron chi connectivity index (χ0n) is 16.1. The van der Waals surface area contributed by atoms with Crippen molar-refractivity contribution in [3.63, 3.8) is 0 Å². The highest BCUT2D eigenvalue weighted by molar-refractivity contribution is 5.99. The molecule has 0 radical (unpaired) electrons. The predicted octanol–water partition coefficient (Wildman–Crippen LogP) is 3.68. The van der Waals surface area contributed by atoms with Gasteiger partial charge in [-0.3, -0.25) is 9.59 Å². The van der Waals surface area contributed by atoms with E-state index in [9.17, 15) is 9.59 Å². The summed E-state index contributed by atoms with van der Waals surface area (Å²) in [6.45, 7) is 1.83. The van der Waals surface area contributed by atoms with Crippen LogP contribution in [0.25, 0.3) is 11.4 Å². The molecule has 1 heterocycles. The lowest BCUT2D eigenvalue weighted by Crippen LogP contribution is -2.32. The fourth-order valence-corrected chi connectivity index (χ4v) is 3.08. The van der Waals surface area contributed by atoms with Crippen LogP contribution >= 0.6 is 0 Å². The standard InChI is InChI=1S/C22H22N4O3/c1-14-8-10-15(11-9-14)21(28)23-13-19(27)24-18-7-3-6-17(12-18)20-25-22(29-26-20)16-4-2-5-16/h3,6-12,16H,2,4-5,13H2,1H3,(H,23,28)(H,24,27). The van der Waals surface area contributed by atoms with Gasteiger partial charge in [0.2, 0.25) is 17.6 Å². The lowest BCUT2D eigenvalue weighted by atomic mass is 9.85. The van der Waals surface area contributed by atoms with Crippen molar-refractivity contribution in [2.45, 2.75) is 32.1 Å². The number of aromatic nitrogens is 2. The quantitative estimate of drug-likeness (QED) is 0.669. The molecule has 1 aliphatic carbocycles. The fourth-order valence-electron chi connectivity index (χ4n) is 3.08. The molecular weight excluding hydrogens is 368 g/mol. The normalized spacial score (nSPS) is 13.6. The lowest BCUT2D eigenvalue weighted by Gasteiger charge is -2.20. The van der Waals surface area contributed by atoms with Crippen LogP contribution in [0.3, 0.4) is 0 Å². The number of carbonyl (C=O) groups is 2. The number of aryl methyl sites for hydroxylation is 1. The van der Waals surface area contributed by atoms with Crippen LogP contribution in [0.15, 0.2) is 53.1 Å². The van der Waals surface area contributed by atoms with Crippen molar-refractivity contribution in [1.29, 1.82) is 0 Å². The largest absolute Gasteiger partial charge is 0.343 e. The van der Waals surface area contributed by atoms with Gasteiger partial charge in [-0.15, -0.1) is 0 Å². The van der Waals surface area contributed by atoms with Crippen molar-refractivity contribution in [3.8, 4) is 11.4 Å². The van der Waals surface area contributed by atoms with Crippen LogP contribution in [0.4, 0.5) is 5.69 Å². The van der Waals surface area contributed by atoms with Crippen molar-refractivity contribution in [2.24, 2.45) is 0 Å². The molecule has 0 atom stereocenters. The Balaban J connectivity index is 1.34. The molecule has 1 aromatic heterocycles. The minimum Gasteiger partial charge on any atom is -0.343 e. The second kappa shape index (κ2) is 8.26. The molecule has 0 unspecified atom stereocenters. The zero-order valence-corrected chi connectivity index (χ0v) is 16.1. The van der Waals surface area contributed by atoms with Crippen LogP contribution in [0.1, 0.15) is 47.0 Å². The number of nitrogens with zero attached hydrogens (tertiary/aromatic N) is 2. The molecule has 3 aromatic rings. The third-order valence-electron chi connectivity index (χ3n) is 5.02. The van der Waals surface area contributed by atoms with Gasteiger partial charge in [0.1, 0.15) is 0 Å². The Morgan fingerprint density at radius 3 is 2.66 bits per heavy atom. The zero-order chi connectivity index (χ0) is 20.2. The first-order valence-corrected chi connectivity index (χ1v) is 9.67. The fraction of sp³-hybridized carbons (Fsp3) is 0.273. The van der Waals surface area contributed by atoms with Crippen LogP contribution in [-0.4, -0.2) is 28.5 Å². The van der Waals surface area contributed by atoms with Crippen LogP contribution in [0.5, 0.6) is 0 Å². The van der Waals surface area contributed by atoms with Gasteiger partial charge in [-0.1, -0.05) is 41.4 Å². The van der Waals surface area contributed by atoms with E-state index < -0.39 is 0 Å². The number of nitrogens with one attached hydrogen (secondary N) is 2. The number of rotatable bonds is 6. The highest BCUT2D eigenvalue weighted by atomic mass is 16.5. The molecule has 2 aromatic carbocycles. The number of hydrogen-bond acceptors (Lipinski definition) is 5. The van der Waals surface area contributed by atoms with Gasteiger partial charge in [0, 0.05) is 22.7 Å². The Morgan fingerprint density at radius 2 is 1.93 bits per heavy atom. The summed E-state index contributed by atoms with van der Waals surface area (Å²) in [4.78, 5) is 28.8. The van der Waals surface area contributed by atoms with E-state index in [0.29, 0.717) is 28.9 Å². The third-order valence-corrected chi connectivity index (χ3v) is 5.02. The molecule has 1 saturated carbocycles. The third kappa shape index (κ3) is 4.51. The van der Waals surface area contributed by atoms with Gasteiger partial charge >= 0.3 is 0 Å². The number of hydrogen-bond donors (Lipinski definition) is 2. The first-order valence-electron chi connectivity index (χ1n) is 9.67. The second-order valence-electron chi connectivity index (χ2n) is 7.26. The number of benzene rings is 2. The van der Waals surface area contributed by atoms with Crippen molar-refractivity contribution >= 4 is 17.5 Å². The lowest BCUT2D eigenvalue weighted by molar-refractivity contribution is -0.115. The molecule has 0 saturated heterocycles. The van der Waals surface area contributed by atoms with Crippen molar-refractivity contribution in [3.05, 3.63) is 65.5 Å². The SMILES string of the molecule is Cc1ccc(C(=O)NCC(=O)Nc2cccc(-c3noc(C4CCC4)n3)c2)cc1. The minimum atomic E-state index is -0.314. The number of amides is 2. The molecule has 0 aliphatic heterocycles. The number of anilines is 1. The summed E-state index contributed by atoms with van der Waals surface area (Å²) in [5.74, 6) is 0.960. The first kappa shape index (κ1) is 18.9. The molecule has 0 bridgehead atoms. The minimum absolute atomic E-state index is 0.120. The van der Waals surface area contributed by atoms with Gasteiger partial charge in [-0.05, 0) is 44.0 Å². The molecule has 7 heteroatoms. The van der Waals surface area contributed by atoms with E-state index in [4.69, 9.17) is 4.52 Å². The summed E-state index contributed by atoms with van der Waals surface area (Å²) in [5.41, 5.74) is 2.96. The average Bonchev–Trinajstić information content (AvgIpc) is 3.15. The maximum Gasteiger partial charge on any atom is 0.251 e. The molecule has 7 nitrogen and oxygen atoms in total. The smallest absolute Gasteiger partial charge is 0.251 e. The van der Waals surface area contributed by atoms with Gasteiger partial charge in [-0.2, -0.15) is 4.98 Å². The van der Waals surface area contributed by atoms with Gasteiger partial charge in [-0.25, -0.2) is 0 Å². The van der Waals surface area contributed by atoms with Crippen LogP contribution < -0.4 is 10.6 Å². The molecule has 2 N–H and O–H groups in total. The summed E-state index contributed by atoms with van der Waals surface area (Å²) < 4.78 is 5.36. The van der Waals surface area contributed by atoms with Crippen LogP contribution in [0.2, 0.25) is 0 Å². The monoisotopic (exact) mass is 390 g/mol. The van der Waals surface area contributed by atoms with E-state index in [1.807, 2.05) is 31.2 Å². The maximum atomic E-state index is 12.2. The molecule has 0 spiro atoms. The Kier molecular flexibility index (Phi) is 5.37. The summed E-state index contributed by atoms with van der Waals surface area (Å²) in [6.07, 6.45) is 3.38. The molecule has 2 amide bonds. The summed E-state index contributed by atoms with van der Waals surface area (Å²) >= 11 is 0. The van der Waals surface area contributed by atoms with Crippen molar-refractivity contribution in [1.82, 2.24) is 15.5 Å². The maximum absolute atomic E-state index is 12.2. The Labute approximate surface area is 168 Å². The van der Waals surface area contributed by atoms with Gasteiger partial charge in [0.15, 0.2) is 0 Å². The predicted molar refractivity (Wildman–Crippen MR) is 108 cm³/mol. The Bertz CT molecular complexity index is 1020. The summed E-state index contributed by atoms with van der Waals surface area (Å²) in [6, 6.07) is 14.4.